The second-order valence-electron chi connectivity index (χ2n) is 4.35. The van der Waals surface area contributed by atoms with Crippen LogP contribution >= 0.6 is 35.3 Å². The average molecular weight is 335 g/mol. The normalized spacial score (nSPS) is 17.1. The highest BCUT2D eigenvalue weighted by Gasteiger charge is 2.33. The summed E-state index contributed by atoms with van der Waals surface area (Å²) in [4.78, 5) is 25.5. The van der Waals surface area contributed by atoms with Crippen LogP contribution in [0.1, 0.15) is 4.88 Å². The second kappa shape index (κ2) is 5.59. The maximum Gasteiger partial charge on any atom is 0.323 e. The molecule has 0 saturated carbocycles. The molecule has 21 heavy (non-hydrogen) atoms. The van der Waals surface area contributed by atoms with Crippen LogP contribution in [0.5, 0.6) is 0 Å². The maximum atomic E-state index is 12.2. The minimum Gasteiger partial charge on any atom is -0.480 e. The molecule has 0 bridgehead atoms. The number of thioether (sulfide) groups is 1. The van der Waals surface area contributed by atoms with Crippen molar-refractivity contribution in [2.75, 3.05) is 6.54 Å². The highest BCUT2D eigenvalue weighted by molar-refractivity contribution is 8.26. The molecule has 1 fully saturated rings. The summed E-state index contributed by atoms with van der Waals surface area (Å²) < 4.78 is 0.287. The number of carbonyl (C=O) groups excluding carboxylic acids is 1. The largest absolute Gasteiger partial charge is 0.480 e. The molecule has 0 unspecified atom stereocenters. The van der Waals surface area contributed by atoms with Crippen LogP contribution in [0.4, 0.5) is 0 Å². The van der Waals surface area contributed by atoms with E-state index in [9.17, 15) is 9.59 Å². The Morgan fingerprint density at radius 1 is 1.38 bits per heavy atom. The van der Waals surface area contributed by atoms with Gasteiger partial charge in [0.2, 0.25) is 0 Å². The molecule has 7 heteroatoms. The van der Waals surface area contributed by atoms with Crippen molar-refractivity contribution in [3.63, 3.8) is 0 Å². The molecule has 2 aromatic rings. The summed E-state index contributed by atoms with van der Waals surface area (Å²) in [6.45, 7) is -0.396. The molecular weight excluding hydrogens is 326 g/mol. The summed E-state index contributed by atoms with van der Waals surface area (Å²) in [5.74, 6) is -1.42. The molecule has 0 radical (unpaired) electrons. The van der Waals surface area contributed by atoms with Gasteiger partial charge in [-0.2, -0.15) is 0 Å². The number of hydrogen-bond donors (Lipinski definition) is 1. The Labute approximate surface area is 134 Å². The third-order valence-electron chi connectivity index (χ3n) is 2.97. The molecular formula is C14H9NO3S3. The first-order valence-corrected chi connectivity index (χ1v) is 8.10. The quantitative estimate of drug-likeness (QED) is 0.689. The van der Waals surface area contributed by atoms with Gasteiger partial charge in [0.1, 0.15) is 10.9 Å². The van der Waals surface area contributed by atoms with Crippen molar-refractivity contribution in [2.45, 2.75) is 0 Å². The highest BCUT2D eigenvalue weighted by Crippen LogP contribution is 2.35. The molecule has 1 aromatic carbocycles. The monoisotopic (exact) mass is 335 g/mol. The number of aliphatic carboxylic acids is 1. The number of thiocarbonyl (C=S) groups is 1. The first kappa shape index (κ1) is 14.2. The van der Waals surface area contributed by atoms with Crippen LogP contribution in [-0.4, -0.2) is 32.7 Å². The fourth-order valence-corrected chi connectivity index (χ4v) is 4.29. The van der Waals surface area contributed by atoms with Gasteiger partial charge in [-0.05, 0) is 22.2 Å². The minimum atomic E-state index is -1.07. The van der Waals surface area contributed by atoms with E-state index in [0.29, 0.717) is 4.91 Å². The smallest absolute Gasteiger partial charge is 0.323 e. The van der Waals surface area contributed by atoms with Crippen molar-refractivity contribution in [3.8, 4) is 0 Å². The van der Waals surface area contributed by atoms with Crippen molar-refractivity contribution in [1.29, 1.82) is 0 Å². The van der Waals surface area contributed by atoms with Crippen molar-refractivity contribution in [3.05, 3.63) is 39.4 Å². The fourth-order valence-electron chi connectivity index (χ4n) is 2.02. The van der Waals surface area contributed by atoms with Crippen LogP contribution in [0.25, 0.3) is 16.8 Å². The number of carboxylic acid groups (broad SMARTS) is 1. The number of thiophene rings is 1. The molecule has 0 spiro atoms. The van der Waals surface area contributed by atoms with Gasteiger partial charge in [-0.25, -0.2) is 0 Å². The lowest BCUT2D eigenvalue weighted by Crippen LogP contribution is -2.33. The number of carbonyl (C=O) groups is 2. The number of benzene rings is 1. The number of carboxylic acids is 1. The molecule has 1 saturated heterocycles. The summed E-state index contributed by atoms with van der Waals surface area (Å²) >= 11 is 7.76. The SMILES string of the molecule is O=C(O)CN1C(=O)/C(=C\c2scc3ccccc23)SC1=S. The van der Waals surface area contributed by atoms with E-state index in [1.165, 1.54) is 0 Å². The molecule has 2 heterocycles. The molecule has 4 nitrogen and oxygen atoms in total. The Hall–Kier alpha value is -1.70. The van der Waals surface area contributed by atoms with Gasteiger partial charge in [-0.1, -0.05) is 48.2 Å². The molecule has 1 aliphatic rings. The molecule has 106 valence electrons. The van der Waals surface area contributed by atoms with E-state index < -0.39 is 12.5 Å². The van der Waals surface area contributed by atoms with Gasteiger partial charge in [0.25, 0.3) is 5.91 Å². The Morgan fingerprint density at radius 3 is 2.90 bits per heavy atom. The zero-order valence-electron chi connectivity index (χ0n) is 10.6. The first-order valence-electron chi connectivity index (χ1n) is 5.99. The third kappa shape index (κ3) is 2.72. The van der Waals surface area contributed by atoms with E-state index in [1.54, 1.807) is 17.4 Å². The van der Waals surface area contributed by atoms with Gasteiger partial charge in [0.15, 0.2) is 0 Å². The molecule has 3 rings (SSSR count). The first-order chi connectivity index (χ1) is 10.1. The van der Waals surface area contributed by atoms with Gasteiger partial charge in [0, 0.05) is 4.88 Å². The Morgan fingerprint density at radius 2 is 2.14 bits per heavy atom. The van der Waals surface area contributed by atoms with Crippen LogP contribution < -0.4 is 0 Å². The van der Waals surface area contributed by atoms with Gasteiger partial charge in [0.05, 0.1) is 4.91 Å². The number of fused-ring (bicyclic) bond motifs is 1. The summed E-state index contributed by atoms with van der Waals surface area (Å²) in [6, 6.07) is 7.92. The van der Waals surface area contributed by atoms with Crippen LogP contribution in [-0.2, 0) is 9.59 Å². The molecule has 1 aromatic heterocycles. The van der Waals surface area contributed by atoms with Gasteiger partial charge in [-0.3, -0.25) is 14.5 Å². The summed E-state index contributed by atoms with van der Waals surface area (Å²) in [5, 5.41) is 13.0. The standard InChI is InChI=1S/C14H9NO3S3/c16-12(17)6-15-13(18)11(21-14(15)19)5-10-9-4-2-1-3-8(9)7-20-10/h1-5,7H,6H2,(H,16,17)/b11-5+. The maximum absolute atomic E-state index is 12.2. The summed E-state index contributed by atoms with van der Waals surface area (Å²) in [6.07, 6.45) is 1.79. The van der Waals surface area contributed by atoms with Crippen molar-refractivity contribution in [2.24, 2.45) is 0 Å². The van der Waals surface area contributed by atoms with Crippen molar-refractivity contribution < 1.29 is 14.7 Å². The van der Waals surface area contributed by atoms with Crippen LogP contribution in [0, 0.1) is 0 Å². The van der Waals surface area contributed by atoms with Crippen LogP contribution in [0.2, 0.25) is 0 Å². The molecule has 0 aliphatic carbocycles. The van der Waals surface area contributed by atoms with E-state index >= 15 is 0 Å². The predicted octanol–water partition coefficient (Wildman–Crippen LogP) is 3.19. The number of rotatable bonds is 3. The zero-order chi connectivity index (χ0) is 15.0. The molecule has 0 atom stereocenters. The molecule has 1 amide bonds. The van der Waals surface area contributed by atoms with Gasteiger partial charge < -0.3 is 5.11 Å². The lowest BCUT2D eigenvalue weighted by atomic mass is 10.2. The Kier molecular flexibility index (Phi) is 3.79. The molecule has 1 N–H and O–H groups in total. The second-order valence-corrected chi connectivity index (χ2v) is 6.94. The summed E-state index contributed by atoms with van der Waals surface area (Å²) in [7, 11) is 0. The van der Waals surface area contributed by atoms with Gasteiger partial charge in [-0.15, -0.1) is 11.3 Å². The third-order valence-corrected chi connectivity index (χ3v) is 5.31. The topological polar surface area (TPSA) is 57.6 Å². The zero-order valence-corrected chi connectivity index (χ0v) is 13.1. The lowest BCUT2D eigenvalue weighted by molar-refractivity contribution is -0.140. The van der Waals surface area contributed by atoms with E-state index in [-0.39, 0.29) is 10.2 Å². The van der Waals surface area contributed by atoms with Crippen LogP contribution in [0.15, 0.2) is 34.6 Å². The van der Waals surface area contributed by atoms with E-state index in [1.807, 2.05) is 29.6 Å². The van der Waals surface area contributed by atoms with E-state index in [4.69, 9.17) is 17.3 Å². The lowest BCUT2D eigenvalue weighted by Gasteiger charge is -2.10. The molecule has 1 aliphatic heterocycles. The van der Waals surface area contributed by atoms with Crippen molar-refractivity contribution >= 4 is 68.4 Å². The van der Waals surface area contributed by atoms with E-state index in [0.717, 1.165) is 32.3 Å². The number of nitrogens with zero attached hydrogens (tertiary/aromatic N) is 1. The van der Waals surface area contributed by atoms with Crippen molar-refractivity contribution in [1.82, 2.24) is 4.90 Å². The predicted molar refractivity (Wildman–Crippen MR) is 89.3 cm³/mol. The van der Waals surface area contributed by atoms with E-state index in [2.05, 4.69) is 0 Å². The van der Waals surface area contributed by atoms with Gasteiger partial charge >= 0.3 is 5.97 Å². The minimum absolute atomic E-state index is 0.287. The summed E-state index contributed by atoms with van der Waals surface area (Å²) in [5.41, 5.74) is 0. The Bertz CT molecular complexity index is 794. The highest BCUT2D eigenvalue weighted by atomic mass is 32.2. The van der Waals surface area contributed by atoms with Crippen LogP contribution in [0.3, 0.4) is 0 Å². The number of hydrogen-bond acceptors (Lipinski definition) is 5. The average Bonchev–Trinajstić information content (AvgIpc) is 2.96. The number of amides is 1. The Balaban J connectivity index is 1.95. The fraction of sp³-hybridized carbons (Fsp3) is 0.0714.